The summed E-state index contributed by atoms with van der Waals surface area (Å²) in [5.74, 6) is -0.479. The molecule has 0 bridgehead atoms. The molecule has 0 saturated heterocycles. The van der Waals surface area contributed by atoms with E-state index in [-0.39, 0.29) is 12.1 Å². The number of hydrogen-bond acceptors (Lipinski definition) is 2. The Bertz CT molecular complexity index is 1100. The number of carbonyl (C=O) groups is 2. The summed E-state index contributed by atoms with van der Waals surface area (Å²) in [6.45, 7) is 0. The number of hydrogen-bond donors (Lipinski definition) is 3. The number of anilines is 1. The van der Waals surface area contributed by atoms with Crippen molar-refractivity contribution in [2.45, 2.75) is 31.7 Å². The first kappa shape index (κ1) is 21.4. The Balaban J connectivity index is 1.59. The second-order valence-electron chi connectivity index (χ2n) is 7.98. The first-order valence-electron chi connectivity index (χ1n) is 10.9. The minimum absolute atomic E-state index is 0.306. The van der Waals surface area contributed by atoms with Crippen LogP contribution < -0.4 is 16.4 Å². The zero-order valence-corrected chi connectivity index (χ0v) is 17.9. The van der Waals surface area contributed by atoms with Gasteiger partial charge in [0.1, 0.15) is 0 Å². The minimum Gasteiger partial charge on any atom is -0.366 e. The Hall–Kier alpha value is -3.86. The van der Waals surface area contributed by atoms with Crippen LogP contribution >= 0.6 is 0 Å². The topological polar surface area (TPSA) is 84.2 Å². The average Bonchev–Trinajstić information content (AvgIpc) is 2.84. The molecule has 0 fully saturated rings. The lowest BCUT2D eigenvalue weighted by molar-refractivity contribution is 0.1000. The number of nitrogens with two attached hydrogens (primary N) is 1. The van der Waals surface area contributed by atoms with Gasteiger partial charge in [0, 0.05) is 11.3 Å². The fourth-order valence-corrected chi connectivity index (χ4v) is 4.01. The van der Waals surface area contributed by atoms with Crippen LogP contribution in [-0.4, -0.2) is 11.9 Å². The van der Waals surface area contributed by atoms with E-state index < -0.39 is 5.91 Å². The van der Waals surface area contributed by atoms with Crippen molar-refractivity contribution in [1.82, 2.24) is 5.32 Å². The lowest BCUT2D eigenvalue weighted by atomic mass is 9.91. The molecular weight excluding hydrogens is 398 g/mol. The molecule has 1 aliphatic carbocycles. The first-order valence-corrected chi connectivity index (χ1v) is 10.9. The van der Waals surface area contributed by atoms with E-state index in [4.69, 9.17) is 5.73 Å². The second kappa shape index (κ2) is 9.96. The van der Waals surface area contributed by atoms with Crippen LogP contribution in [0.5, 0.6) is 0 Å². The Morgan fingerprint density at radius 2 is 1.47 bits per heavy atom. The van der Waals surface area contributed by atoms with Crippen LogP contribution in [0.3, 0.4) is 0 Å². The molecule has 0 radical (unpaired) electrons. The maximum absolute atomic E-state index is 12.8. The lowest BCUT2D eigenvalue weighted by Crippen LogP contribution is -2.33. The lowest BCUT2D eigenvalue weighted by Gasteiger charge is -2.21. The Morgan fingerprint density at radius 1 is 0.812 bits per heavy atom. The molecule has 4 N–H and O–H groups in total. The molecule has 3 aromatic rings. The van der Waals surface area contributed by atoms with Gasteiger partial charge < -0.3 is 16.4 Å². The van der Waals surface area contributed by atoms with Gasteiger partial charge in [-0.1, -0.05) is 60.7 Å². The highest BCUT2D eigenvalue weighted by molar-refractivity contribution is 5.93. The highest BCUT2D eigenvalue weighted by Gasteiger charge is 2.18. The van der Waals surface area contributed by atoms with E-state index in [0.717, 1.165) is 24.0 Å². The molecule has 5 nitrogen and oxygen atoms in total. The first-order chi connectivity index (χ1) is 15.6. The normalized spacial score (nSPS) is 14.2. The molecule has 1 unspecified atom stereocenters. The van der Waals surface area contributed by atoms with E-state index in [9.17, 15) is 9.59 Å². The van der Waals surface area contributed by atoms with Gasteiger partial charge in [0.15, 0.2) is 0 Å². The molecule has 4 rings (SSSR count). The van der Waals surface area contributed by atoms with Gasteiger partial charge in [-0.2, -0.15) is 0 Å². The zero-order chi connectivity index (χ0) is 22.3. The molecule has 162 valence electrons. The number of allylic oxidation sites excluding steroid dienone is 2. The largest absolute Gasteiger partial charge is 0.366 e. The van der Waals surface area contributed by atoms with Crippen molar-refractivity contribution < 1.29 is 9.59 Å². The van der Waals surface area contributed by atoms with E-state index in [1.54, 1.807) is 12.1 Å². The highest BCUT2D eigenvalue weighted by atomic mass is 16.2. The molecule has 0 aromatic heterocycles. The number of nitrogens with one attached hydrogen (secondary N) is 2. The number of rotatable bonds is 6. The molecule has 5 heteroatoms. The number of amides is 3. The van der Waals surface area contributed by atoms with Gasteiger partial charge in [0.05, 0.1) is 6.04 Å². The second-order valence-corrected chi connectivity index (χ2v) is 7.98. The fraction of sp³-hybridized carbons (Fsp3) is 0.185. The van der Waals surface area contributed by atoms with Gasteiger partial charge in [-0.3, -0.25) is 4.79 Å². The summed E-state index contributed by atoms with van der Waals surface area (Å²) < 4.78 is 0. The van der Waals surface area contributed by atoms with Gasteiger partial charge >= 0.3 is 6.03 Å². The number of primary amides is 1. The molecule has 32 heavy (non-hydrogen) atoms. The van der Waals surface area contributed by atoms with Crippen LogP contribution in [0.1, 0.15) is 58.8 Å². The molecule has 0 heterocycles. The summed E-state index contributed by atoms with van der Waals surface area (Å²) >= 11 is 0. The van der Waals surface area contributed by atoms with Crippen molar-refractivity contribution in [2.24, 2.45) is 5.73 Å². The van der Waals surface area contributed by atoms with Gasteiger partial charge in [0.2, 0.25) is 5.91 Å². The van der Waals surface area contributed by atoms with Gasteiger partial charge in [-0.15, -0.1) is 0 Å². The van der Waals surface area contributed by atoms with E-state index in [1.807, 2.05) is 42.5 Å². The SMILES string of the molecule is NC(=O)c1ccc(C(NC(=O)Nc2ccccc2)c2ccc(C3=CCCCC3)cc2)cc1. The molecular formula is C27H27N3O2. The number of carbonyl (C=O) groups excluding carboxylic acids is 2. The van der Waals surface area contributed by atoms with E-state index in [0.29, 0.717) is 11.3 Å². The summed E-state index contributed by atoms with van der Waals surface area (Å²) in [5, 5.41) is 5.94. The smallest absolute Gasteiger partial charge is 0.319 e. The van der Waals surface area contributed by atoms with Crippen LogP contribution in [0, 0.1) is 0 Å². The maximum atomic E-state index is 12.8. The van der Waals surface area contributed by atoms with Crippen LogP contribution in [0.2, 0.25) is 0 Å². The van der Waals surface area contributed by atoms with Crippen molar-refractivity contribution in [2.75, 3.05) is 5.32 Å². The van der Waals surface area contributed by atoms with Crippen molar-refractivity contribution in [3.8, 4) is 0 Å². The third-order valence-electron chi connectivity index (χ3n) is 5.74. The zero-order valence-electron chi connectivity index (χ0n) is 17.9. The van der Waals surface area contributed by atoms with E-state index >= 15 is 0 Å². The monoisotopic (exact) mass is 425 g/mol. The quantitative estimate of drug-likeness (QED) is 0.476. The maximum Gasteiger partial charge on any atom is 0.319 e. The van der Waals surface area contributed by atoms with Crippen LogP contribution in [-0.2, 0) is 0 Å². The Labute approximate surface area is 188 Å². The molecule has 0 aliphatic heterocycles. The Kier molecular flexibility index (Phi) is 6.66. The van der Waals surface area contributed by atoms with Crippen molar-refractivity contribution in [3.05, 3.63) is 107 Å². The van der Waals surface area contributed by atoms with Gasteiger partial charge in [-0.25, -0.2) is 4.79 Å². The van der Waals surface area contributed by atoms with Crippen LogP contribution in [0.4, 0.5) is 10.5 Å². The average molecular weight is 426 g/mol. The van der Waals surface area contributed by atoms with Gasteiger partial charge in [0.25, 0.3) is 0 Å². The number of para-hydroxylation sites is 1. The van der Waals surface area contributed by atoms with Crippen molar-refractivity contribution in [1.29, 1.82) is 0 Å². The number of benzene rings is 3. The van der Waals surface area contributed by atoms with Gasteiger partial charge in [-0.05, 0) is 72.2 Å². The standard InChI is InChI=1S/C27H27N3O2/c28-26(31)23-17-15-22(16-18-23)25(30-27(32)29-24-9-5-2-6-10-24)21-13-11-20(12-14-21)19-7-3-1-4-8-19/h2,5-7,9-18,25H,1,3-4,8H2,(H2,28,31)(H2,29,30,32). The third kappa shape index (κ3) is 5.24. The summed E-state index contributed by atoms with van der Waals surface area (Å²) in [6.07, 6.45) is 7.04. The highest BCUT2D eigenvalue weighted by Crippen LogP contribution is 2.29. The Morgan fingerprint density at radius 3 is 2.06 bits per heavy atom. The van der Waals surface area contributed by atoms with Crippen molar-refractivity contribution in [3.63, 3.8) is 0 Å². The summed E-state index contributed by atoms with van der Waals surface area (Å²) in [5.41, 5.74) is 11.0. The van der Waals surface area contributed by atoms with E-state index in [2.05, 4.69) is 41.0 Å². The summed E-state index contributed by atoms with van der Waals surface area (Å²) in [7, 11) is 0. The molecule has 0 spiro atoms. The van der Waals surface area contributed by atoms with Crippen LogP contribution in [0.15, 0.2) is 84.9 Å². The van der Waals surface area contributed by atoms with Crippen molar-refractivity contribution >= 4 is 23.2 Å². The summed E-state index contributed by atoms with van der Waals surface area (Å²) in [6, 6.07) is 24.0. The van der Waals surface area contributed by atoms with Crippen LogP contribution in [0.25, 0.3) is 5.57 Å². The molecule has 0 saturated carbocycles. The summed E-state index contributed by atoms with van der Waals surface area (Å²) in [4.78, 5) is 24.2. The predicted octanol–water partition coefficient (Wildman–Crippen LogP) is 5.65. The predicted molar refractivity (Wildman–Crippen MR) is 128 cm³/mol. The fourth-order valence-electron chi connectivity index (χ4n) is 4.01. The van der Waals surface area contributed by atoms with E-state index in [1.165, 1.54) is 24.0 Å². The minimum atomic E-state index is -0.479. The molecule has 1 aliphatic rings. The number of urea groups is 1. The third-order valence-corrected chi connectivity index (χ3v) is 5.74. The molecule has 1 atom stereocenters. The molecule has 3 aromatic carbocycles. The molecule has 3 amide bonds.